The Morgan fingerprint density at radius 1 is 1.00 bits per heavy atom. The maximum atomic E-state index is 13.1. The Hall–Kier alpha value is -2.02. The molecule has 1 aromatic carbocycles. The van der Waals surface area contributed by atoms with Crippen LogP contribution in [-0.4, -0.2) is 39.1 Å². The number of amides is 4. The molecule has 1 N–H and O–H groups in total. The molecule has 0 radical (unpaired) electrons. The summed E-state index contributed by atoms with van der Waals surface area (Å²) in [6, 6.07) is 4.90. The Bertz CT molecular complexity index is 706. The Kier molecular flexibility index (Phi) is 7.50. The summed E-state index contributed by atoms with van der Waals surface area (Å²) < 4.78 is 13.1. The summed E-state index contributed by atoms with van der Waals surface area (Å²) in [5.74, 6) is 0.100. The number of urea groups is 1. The zero-order chi connectivity index (χ0) is 19.1. The van der Waals surface area contributed by atoms with Gasteiger partial charge in [-0.2, -0.15) is 10.5 Å². The molecule has 0 unspecified atom stereocenters. The fourth-order valence-electron chi connectivity index (χ4n) is 2.65. The molecule has 1 aliphatic heterocycles. The fraction of sp³-hybridized carbons (Fsp3) is 0.474. The summed E-state index contributed by atoms with van der Waals surface area (Å²) in [6.45, 7) is 4.15. The molecule has 0 saturated carbocycles. The predicted molar refractivity (Wildman–Crippen MR) is 103 cm³/mol. The van der Waals surface area contributed by atoms with Crippen LogP contribution in [0.3, 0.4) is 0 Å². The van der Waals surface area contributed by atoms with Crippen molar-refractivity contribution in [3.05, 3.63) is 35.6 Å². The van der Waals surface area contributed by atoms with Crippen molar-refractivity contribution in [2.45, 2.75) is 46.1 Å². The number of halogens is 1. The lowest BCUT2D eigenvalue weighted by Gasteiger charge is -2.28. The standard InChI is InChI=1S/C19H25FN2O3S/c1-3-5-11-26(12-6-4-2)16-17(23)21-19(25)22(18(16)24)13-14-7-9-15(20)10-8-14/h7-10H,3-6,11-13H2,1-2H3,(H,21,23,25). The Labute approximate surface area is 155 Å². The lowest BCUT2D eigenvalue weighted by atomic mass is 10.2. The summed E-state index contributed by atoms with van der Waals surface area (Å²) in [6.07, 6.45) is 3.83. The maximum Gasteiger partial charge on any atom is 0.331 e. The number of carbonyl (C=O) groups excluding carboxylic acids is 3. The monoisotopic (exact) mass is 380 g/mol. The maximum absolute atomic E-state index is 13.1. The molecule has 1 aromatic rings. The highest BCUT2D eigenvalue weighted by atomic mass is 32.2. The van der Waals surface area contributed by atoms with Gasteiger partial charge < -0.3 is 0 Å². The van der Waals surface area contributed by atoms with E-state index in [0.29, 0.717) is 5.56 Å². The van der Waals surface area contributed by atoms with E-state index in [1.807, 2.05) is 0 Å². The molecule has 142 valence electrons. The first kappa shape index (κ1) is 20.3. The van der Waals surface area contributed by atoms with Crippen molar-refractivity contribution in [1.82, 2.24) is 10.2 Å². The number of nitrogens with zero attached hydrogens (tertiary/aromatic N) is 1. The number of hydrogen-bond acceptors (Lipinski definition) is 3. The van der Waals surface area contributed by atoms with Gasteiger partial charge >= 0.3 is 6.03 Å². The normalized spacial score (nSPS) is 15.0. The van der Waals surface area contributed by atoms with Crippen LogP contribution in [0.15, 0.2) is 24.3 Å². The zero-order valence-corrected chi connectivity index (χ0v) is 16.0. The molecule has 1 fully saturated rings. The van der Waals surface area contributed by atoms with Gasteiger partial charge in [-0.3, -0.25) is 19.8 Å². The fourth-order valence-corrected chi connectivity index (χ4v) is 5.20. The second kappa shape index (κ2) is 9.62. The number of rotatable bonds is 8. The van der Waals surface area contributed by atoms with Gasteiger partial charge in [0, 0.05) is 0 Å². The second-order valence-corrected chi connectivity index (χ2v) is 8.42. The number of nitrogens with one attached hydrogen (secondary N) is 1. The lowest BCUT2D eigenvalue weighted by Crippen LogP contribution is -2.58. The molecule has 2 rings (SSSR count). The minimum Gasteiger partial charge on any atom is -0.273 e. The first-order valence-electron chi connectivity index (χ1n) is 8.94. The van der Waals surface area contributed by atoms with Crippen LogP contribution < -0.4 is 5.32 Å². The highest BCUT2D eigenvalue weighted by molar-refractivity contribution is 8.18. The molecule has 26 heavy (non-hydrogen) atoms. The van der Waals surface area contributed by atoms with Gasteiger partial charge in [-0.15, -0.1) is 0 Å². The van der Waals surface area contributed by atoms with E-state index in [0.717, 1.165) is 42.1 Å². The third-order valence-corrected chi connectivity index (χ3v) is 6.64. The molecule has 0 atom stereocenters. The number of imide groups is 2. The van der Waals surface area contributed by atoms with Crippen molar-refractivity contribution in [3.63, 3.8) is 0 Å². The van der Waals surface area contributed by atoms with E-state index in [9.17, 15) is 18.8 Å². The van der Waals surface area contributed by atoms with Gasteiger partial charge in [0.05, 0.1) is 6.54 Å². The molecule has 1 heterocycles. The summed E-state index contributed by atoms with van der Waals surface area (Å²) in [5.41, 5.74) is 0.630. The largest absolute Gasteiger partial charge is 0.331 e. The molecule has 1 aliphatic rings. The zero-order valence-electron chi connectivity index (χ0n) is 15.2. The Morgan fingerprint density at radius 3 is 2.12 bits per heavy atom. The van der Waals surface area contributed by atoms with E-state index in [-0.39, 0.29) is 17.2 Å². The highest BCUT2D eigenvalue weighted by Crippen LogP contribution is 2.23. The average Bonchev–Trinajstić information content (AvgIpc) is 2.61. The van der Waals surface area contributed by atoms with Crippen molar-refractivity contribution < 1.29 is 18.8 Å². The SMILES string of the molecule is CCCCS(CCCC)=C1C(=O)NC(=O)N(Cc2ccc(F)cc2)C1=O. The molecular formula is C19H25FN2O3S. The van der Waals surface area contributed by atoms with E-state index in [1.54, 1.807) is 0 Å². The quantitative estimate of drug-likeness (QED) is 0.703. The molecular weight excluding hydrogens is 355 g/mol. The van der Waals surface area contributed by atoms with Crippen LogP contribution in [0.2, 0.25) is 0 Å². The van der Waals surface area contributed by atoms with Crippen molar-refractivity contribution >= 4 is 33.2 Å². The highest BCUT2D eigenvalue weighted by Gasteiger charge is 2.37. The molecule has 0 aromatic heterocycles. The summed E-state index contributed by atoms with van der Waals surface area (Å²) >= 11 is 0. The third-order valence-electron chi connectivity index (χ3n) is 4.14. The number of hydrogen-bond donors (Lipinski definition) is 1. The van der Waals surface area contributed by atoms with Crippen molar-refractivity contribution in [2.24, 2.45) is 0 Å². The van der Waals surface area contributed by atoms with E-state index in [4.69, 9.17) is 0 Å². The molecule has 5 nitrogen and oxygen atoms in total. The van der Waals surface area contributed by atoms with E-state index in [2.05, 4.69) is 19.2 Å². The Morgan fingerprint density at radius 2 is 1.58 bits per heavy atom. The Balaban J connectivity index is 2.31. The minimum absolute atomic E-state index is 0.0144. The third kappa shape index (κ3) is 5.00. The summed E-state index contributed by atoms with van der Waals surface area (Å²) in [7, 11) is -0.467. The molecule has 0 spiro atoms. The van der Waals surface area contributed by atoms with Crippen molar-refractivity contribution in [1.29, 1.82) is 0 Å². The first-order valence-corrected chi connectivity index (χ1v) is 10.5. The number of unbranched alkanes of at least 4 members (excludes halogenated alkanes) is 2. The van der Waals surface area contributed by atoms with E-state index < -0.39 is 28.3 Å². The van der Waals surface area contributed by atoms with Gasteiger partial charge in [-0.05, 0) is 42.0 Å². The second-order valence-electron chi connectivity index (χ2n) is 6.21. The van der Waals surface area contributed by atoms with Gasteiger partial charge in [0.2, 0.25) is 0 Å². The van der Waals surface area contributed by atoms with Crippen LogP contribution in [-0.2, 0) is 16.1 Å². The molecule has 0 aliphatic carbocycles. The molecule has 1 saturated heterocycles. The smallest absolute Gasteiger partial charge is 0.273 e. The van der Waals surface area contributed by atoms with E-state index in [1.165, 1.54) is 24.3 Å². The molecule has 0 bridgehead atoms. The van der Waals surface area contributed by atoms with Gasteiger partial charge in [-0.1, -0.05) is 38.8 Å². The molecule has 4 amide bonds. The van der Waals surface area contributed by atoms with Gasteiger partial charge in [0.1, 0.15) is 10.7 Å². The van der Waals surface area contributed by atoms with E-state index >= 15 is 0 Å². The van der Waals surface area contributed by atoms with Crippen LogP contribution in [0, 0.1) is 5.82 Å². The number of barbiturate groups is 1. The van der Waals surface area contributed by atoms with Crippen LogP contribution in [0.25, 0.3) is 0 Å². The average molecular weight is 380 g/mol. The van der Waals surface area contributed by atoms with Crippen molar-refractivity contribution in [3.8, 4) is 0 Å². The summed E-state index contributed by atoms with van der Waals surface area (Å²) in [4.78, 5) is 38.7. The van der Waals surface area contributed by atoms with Crippen LogP contribution in [0.1, 0.15) is 45.1 Å². The van der Waals surface area contributed by atoms with Crippen LogP contribution in [0.5, 0.6) is 0 Å². The lowest BCUT2D eigenvalue weighted by molar-refractivity contribution is -0.125. The van der Waals surface area contributed by atoms with Crippen LogP contribution in [0.4, 0.5) is 9.18 Å². The van der Waals surface area contributed by atoms with Crippen molar-refractivity contribution in [2.75, 3.05) is 11.5 Å². The van der Waals surface area contributed by atoms with Gasteiger partial charge in [0.25, 0.3) is 11.8 Å². The van der Waals surface area contributed by atoms with Gasteiger partial charge in [0.15, 0.2) is 0 Å². The minimum atomic E-state index is -0.720. The summed E-state index contributed by atoms with van der Waals surface area (Å²) in [5, 5.41) is 2.30. The van der Waals surface area contributed by atoms with Gasteiger partial charge in [-0.25, -0.2) is 9.18 Å². The number of carbonyl (C=O) groups is 3. The van der Waals surface area contributed by atoms with Crippen LogP contribution >= 0.6 is 10.5 Å². The predicted octanol–water partition coefficient (Wildman–Crippen LogP) is 3.45. The number of benzene rings is 1. The molecule has 7 heteroatoms. The topological polar surface area (TPSA) is 66.5 Å². The first-order chi connectivity index (χ1) is 12.5.